The lowest BCUT2D eigenvalue weighted by Gasteiger charge is -2.45. The summed E-state index contributed by atoms with van der Waals surface area (Å²) in [6, 6.07) is 2.67. The molecule has 0 atom stereocenters. The van der Waals surface area contributed by atoms with Crippen molar-refractivity contribution in [2.75, 3.05) is 47.4 Å². The number of ether oxygens (including phenoxy) is 1. The minimum absolute atomic E-state index is 0.0485. The smallest absolute Gasteiger partial charge is 0.150 e. The van der Waals surface area contributed by atoms with Crippen LogP contribution in [0.25, 0.3) is 0 Å². The van der Waals surface area contributed by atoms with Crippen LogP contribution in [-0.2, 0) is 17.7 Å². The van der Waals surface area contributed by atoms with E-state index in [0.717, 1.165) is 37.6 Å². The molecule has 0 amide bonds. The van der Waals surface area contributed by atoms with E-state index >= 15 is 0 Å². The minimum atomic E-state index is 0.0485. The topological polar surface area (TPSA) is 53.8 Å². The zero-order valence-electron chi connectivity index (χ0n) is 14.0. The average Bonchev–Trinajstić information content (AvgIpc) is 2.85. The van der Waals surface area contributed by atoms with Crippen LogP contribution < -0.4 is 5.32 Å². The van der Waals surface area contributed by atoms with Crippen molar-refractivity contribution in [1.29, 1.82) is 0 Å². The largest absolute Gasteiger partial charge is 0.377 e. The first kappa shape index (κ1) is 15.9. The highest BCUT2D eigenvalue weighted by Crippen LogP contribution is 2.25. The molecule has 2 aliphatic rings. The number of aromatic nitrogens is 1. The van der Waals surface area contributed by atoms with Crippen molar-refractivity contribution in [2.24, 2.45) is 0 Å². The van der Waals surface area contributed by atoms with Crippen LogP contribution in [0.2, 0.25) is 0 Å². The number of rotatable bonds is 6. The first-order valence-corrected chi connectivity index (χ1v) is 8.18. The molecule has 0 aliphatic carbocycles. The van der Waals surface area contributed by atoms with Crippen LogP contribution >= 0.6 is 0 Å². The molecule has 0 unspecified atom stereocenters. The Morgan fingerprint density at radius 1 is 1.36 bits per heavy atom. The van der Waals surface area contributed by atoms with Gasteiger partial charge in [0.2, 0.25) is 0 Å². The maximum absolute atomic E-state index is 5.50. The van der Waals surface area contributed by atoms with Crippen molar-refractivity contribution in [2.45, 2.75) is 37.4 Å². The molecule has 0 aromatic carbocycles. The van der Waals surface area contributed by atoms with Crippen LogP contribution in [0.5, 0.6) is 0 Å². The molecule has 22 heavy (non-hydrogen) atoms. The lowest BCUT2D eigenvalue weighted by molar-refractivity contribution is -0.0823. The number of nitrogens with zero attached hydrogens (tertiary/aromatic N) is 3. The Labute approximate surface area is 132 Å². The monoisotopic (exact) mass is 308 g/mol. The van der Waals surface area contributed by atoms with Crippen LogP contribution in [0.4, 0.5) is 0 Å². The van der Waals surface area contributed by atoms with E-state index in [1.165, 1.54) is 25.9 Å². The van der Waals surface area contributed by atoms with E-state index in [0.29, 0.717) is 6.04 Å². The van der Waals surface area contributed by atoms with E-state index in [1.54, 1.807) is 0 Å². The van der Waals surface area contributed by atoms with Crippen LogP contribution in [0.15, 0.2) is 10.6 Å². The van der Waals surface area contributed by atoms with E-state index in [-0.39, 0.29) is 5.54 Å². The lowest BCUT2D eigenvalue weighted by atomic mass is 9.88. The molecule has 1 aromatic heterocycles. The van der Waals surface area contributed by atoms with Gasteiger partial charge in [-0.3, -0.25) is 0 Å². The van der Waals surface area contributed by atoms with E-state index < -0.39 is 0 Å². The molecular weight excluding hydrogens is 280 g/mol. The Morgan fingerprint density at radius 3 is 2.68 bits per heavy atom. The van der Waals surface area contributed by atoms with Crippen molar-refractivity contribution < 1.29 is 9.26 Å². The number of hydrogen-bond donors (Lipinski definition) is 1. The summed E-state index contributed by atoms with van der Waals surface area (Å²) in [6.07, 6.45) is 3.31. The summed E-state index contributed by atoms with van der Waals surface area (Å²) in [6.45, 7) is 4.68. The van der Waals surface area contributed by atoms with Crippen molar-refractivity contribution in [1.82, 2.24) is 20.3 Å². The highest BCUT2D eigenvalue weighted by atomic mass is 16.5. The molecule has 0 saturated carbocycles. The van der Waals surface area contributed by atoms with Gasteiger partial charge in [0.1, 0.15) is 0 Å². The molecule has 0 bridgehead atoms. The Kier molecular flexibility index (Phi) is 4.82. The highest BCUT2D eigenvalue weighted by Gasteiger charge is 2.41. The third-order valence-corrected chi connectivity index (χ3v) is 4.58. The Bertz CT molecular complexity index is 476. The van der Waals surface area contributed by atoms with Crippen LogP contribution in [0.1, 0.15) is 24.3 Å². The average molecular weight is 308 g/mol. The fourth-order valence-electron chi connectivity index (χ4n) is 3.34. The highest BCUT2D eigenvalue weighted by molar-refractivity contribution is 5.12. The van der Waals surface area contributed by atoms with Gasteiger partial charge in [-0.15, -0.1) is 0 Å². The summed E-state index contributed by atoms with van der Waals surface area (Å²) in [5.41, 5.74) is 1.08. The van der Waals surface area contributed by atoms with Gasteiger partial charge in [0.25, 0.3) is 0 Å². The Morgan fingerprint density at radius 2 is 2.09 bits per heavy atom. The van der Waals surface area contributed by atoms with E-state index in [2.05, 4.69) is 33.4 Å². The van der Waals surface area contributed by atoms with Crippen LogP contribution in [-0.4, -0.2) is 74.0 Å². The molecule has 0 radical (unpaired) electrons. The summed E-state index contributed by atoms with van der Waals surface area (Å²) in [5, 5.41) is 8.08. The second-order valence-electron chi connectivity index (χ2n) is 7.19. The van der Waals surface area contributed by atoms with Crippen LogP contribution in [0, 0.1) is 0 Å². The summed E-state index contributed by atoms with van der Waals surface area (Å²) in [5.74, 6) is 0.926. The molecule has 124 valence electrons. The van der Waals surface area contributed by atoms with Gasteiger partial charge in [0, 0.05) is 18.5 Å². The van der Waals surface area contributed by atoms with Crippen molar-refractivity contribution >= 4 is 0 Å². The molecule has 2 aliphatic heterocycles. The number of nitrogens with one attached hydrogen (secondary N) is 1. The third-order valence-electron chi connectivity index (χ3n) is 4.58. The maximum Gasteiger partial charge on any atom is 0.150 e. The van der Waals surface area contributed by atoms with Gasteiger partial charge in [-0.05, 0) is 47.1 Å². The predicted octanol–water partition coefficient (Wildman–Crippen LogP) is 0.732. The second kappa shape index (κ2) is 6.66. The zero-order valence-corrected chi connectivity index (χ0v) is 14.0. The van der Waals surface area contributed by atoms with Gasteiger partial charge in [-0.25, -0.2) is 0 Å². The van der Waals surface area contributed by atoms with E-state index in [9.17, 15) is 0 Å². The van der Waals surface area contributed by atoms with E-state index in [4.69, 9.17) is 9.26 Å². The Balaban J connectivity index is 1.57. The van der Waals surface area contributed by atoms with E-state index in [1.807, 2.05) is 14.1 Å². The second-order valence-corrected chi connectivity index (χ2v) is 7.19. The standard InChI is InChI=1S/C16H28N4O2/c1-19(2)10-15-8-14(18-22-15)9-16(11-21-12-16)17-13-4-6-20(3)7-5-13/h8,13,17H,4-7,9-12H2,1-3H3. The molecule has 1 aromatic rings. The number of hydrogen-bond acceptors (Lipinski definition) is 6. The summed E-state index contributed by atoms with van der Waals surface area (Å²) in [7, 11) is 6.26. The van der Waals surface area contributed by atoms with Gasteiger partial charge in [0.15, 0.2) is 5.76 Å². The molecule has 6 nitrogen and oxygen atoms in total. The van der Waals surface area contributed by atoms with Crippen LogP contribution in [0.3, 0.4) is 0 Å². The Hall–Kier alpha value is -0.950. The molecule has 2 saturated heterocycles. The third kappa shape index (κ3) is 3.87. The SMILES string of the molecule is CN(C)Cc1cc(CC2(NC3CCN(C)CC3)COC2)no1. The molecule has 1 N–H and O–H groups in total. The quantitative estimate of drug-likeness (QED) is 0.836. The van der Waals surface area contributed by atoms with Gasteiger partial charge >= 0.3 is 0 Å². The molecule has 6 heteroatoms. The molecule has 3 heterocycles. The molecular formula is C16H28N4O2. The maximum atomic E-state index is 5.50. The summed E-state index contributed by atoms with van der Waals surface area (Å²) >= 11 is 0. The first-order valence-electron chi connectivity index (χ1n) is 8.18. The van der Waals surface area contributed by atoms with Gasteiger partial charge in [0.05, 0.1) is 31.0 Å². The van der Waals surface area contributed by atoms with Crippen molar-refractivity contribution in [3.05, 3.63) is 17.5 Å². The predicted molar refractivity (Wildman–Crippen MR) is 84.8 cm³/mol. The molecule has 2 fully saturated rings. The summed E-state index contributed by atoms with van der Waals surface area (Å²) in [4.78, 5) is 4.48. The summed E-state index contributed by atoms with van der Waals surface area (Å²) < 4.78 is 10.9. The lowest BCUT2D eigenvalue weighted by Crippen LogP contribution is -2.65. The van der Waals surface area contributed by atoms with Crippen molar-refractivity contribution in [3.63, 3.8) is 0 Å². The van der Waals surface area contributed by atoms with Gasteiger partial charge in [-0.2, -0.15) is 0 Å². The van der Waals surface area contributed by atoms with Gasteiger partial charge < -0.3 is 24.4 Å². The fourth-order valence-corrected chi connectivity index (χ4v) is 3.34. The number of piperidine rings is 1. The number of likely N-dealkylation sites (tertiary alicyclic amines) is 1. The first-order chi connectivity index (χ1) is 10.5. The normalized spacial score (nSPS) is 22.9. The molecule has 0 spiro atoms. The fraction of sp³-hybridized carbons (Fsp3) is 0.812. The minimum Gasteiger partial charge on any atom is -0.377 e. The molecule has 3 rings (SSSR count). The van der Waals surface area contributed by atoms with Crippen molar-refractivity contribution in [3.8, 4) is 0 Å². The van der Waals surface area contributed by atoms with Gasteiger partial charge in [-0.1, -0.05) is 5.16 Å². The zero-order chi connectivity index (χ0) is 15.6.